The number of imidazole rings is 1. The molecule has 0 aliphatic heterocycles. The largest absolute Gasteiger partial charge is 0.481 e. The van der Waals surface area contributed by atoms with Crippen LogP contribution in [0.5, 0.6) is 0 Å². The van der Waals surface area contributed by atoms with Crippen LogP contribution in [-0.4, -0.2) is 32.4 Å². The average Bonchev–Trinajstić information content (AvgIpc) is 2.70. The van der Waals surface area contributed by atoms with Crippen LogP contribution in [0.25, 0.3) is 5.65 Å². The second kappa shape index (κ2) is 5.09. The van der Waals surface area contributed by atoms with Gasteiger partial charge < -0.3 is 14.8 Å². The molecule has 0 spiro atoms. The Hall–Kier alpha value is -2.37. The standard InChI is InChI=1S/C13H15N3O3/c1-8-3-4-16-7-10(15-11(16)5-8)13(19)14-9(2)6-12(17)18/h3-5,7,9H,6H2,1-2H3,(H,14,19)(H,17,18). The van der Waals surface area contributed by atoms with Gasteiger partial charge in [0.15, 0.2) is 0 Å². The number of carbonyl (C=O) groups is 2. The molecule has 6 nitrogen and oxygen atoms in total. The first-order valence-corrected chi connectivity index (χ1v) is 5.93. The smallest absolute Gasteiger partial charge is 0.305 e. The Labute approximate surface area is 110 Å². The normalized spacial score (nSPS) is 12.3. The van der Waals surface area contributed by atoms with Gasteiger partial charge in [0, 0.05) is 18.4 Å². The fourth-order valence-electron chi connectivity index (χ4n) is 1.80. The highest BCUT2D eigenvalue weighted by Gasteiger charge is 2.15. The lowest BCUT2D eigenvalue weighted by atomic mass is 10.2. The van der Waals surface area contributed by atoms with E-state index in [1.807, 2.05) is 25.3 Å². The summed E-state index contributed by atoms with van der Waals surface area (Å²) >= 11 is 0. The van der Waals surface area contributed by atoms with Gasteiger partial charge in [-0.15, -0.1) is 0 Å². The molecule has 0 aliphatic carbocycles. The molecule has 0 radical (unpaired) electrons. The maximum atomic E-state index is 11.9. The minimum atomic E-state index is -0.946. The van der Waals surface area contributed by atoms with Crippen LogP contribution in [0.4, 0.5) is 0 Å². The summed E-state index contributed by atoms with van der Waals surface area (Å²) in [6, 6.07) is 3.36. The second-order valence-corrected chi connectivity index (χ2v) is 4.57. The van der Waals surface area contributed by atoms with Crippen molar-refractivity contribution in [3.8, 4) is 0 Å². The summed E-state index contributed by atoms with van der Waals surface area (Å²) in [5.41, 5.74) is 2.03. The van der Waals surface area contributed by atoms with E-state index < -0.39 is 12.0 Å². The number of aliphatic carboxylic acids is 1. The number of pyridine rings is 1. The first-order chi connectivity index (χ1) is 8.95. The minimum absolute atomic E-state index is 0.113. The van der Waals surface area contributed by atoms with E-state index in [4.69, 9.17) is 5.11 Å². The van der Waals surface area contributed by atoms with Crippen molar-refractivity contribution in [1.82, 2.24) is 14.7 Å². The summed E-state index contributed by atoms with van der Waals surface area (Å²) in [5.74, 6) is -1.31. The molecule has 100 valence electrons. The van der Waals surface area contributed by atoms with Gasteiger partial charge in [0.05, 0.1) is 6.42 Å². The zero-order chi connectivity index (χ0) is 14.0. The van der Waals surface area contributed by atoms with Crippen LogP contribution < -0.4 is 5.32 Å². The molecule has 1 amide bonds. The number of nitrogens with zero attached hydrogens (tertiary/aromatic N) is 2. The van der Waals surface area contributed by atoms with Crippen LogP contribution in [0.15, 0.2) is 24.5 Å². The van der Waals surface area contributed by atoms with E-state index in [1.54, 1.807) is 17.5 Å². The van der Waals surface area contributed by atoms with Gasteiger partial charge in [-0.05, 0) is 31.5 Å². The van der Waals surface area contributed by atoms with Gasteiger partial charge >= 0.3 is 5.97 Å². The fraction of sp³-hybridized carbons (Fsp3) is 0.308. The molecule has 2 aromatic rings. The molecular formula is C13H15N3O3. The summed E-state index contributed by atoms with van der Waals surface area (Å²) < 4.78 is 1.75. The van der Waals surface area contributed by atoms with Crippen molar-refractivity contribution in [1.29, 1.82) is 0 Å². The number of aromatic nitrogens is 2. The molecule has 19 heavy (non-hydrogen) atoms. The highest BCUT2D eigenvalue weighted by atomic mass is 16.4. The molecule has 2 rings (SSSR count). The molecule has 0 bridgehead atoms. The third-order valence-corrected chi connectivity index (χ3v) is 2.71. The maximum Gasteiger partial charge on any atom is 0.305 e. The molecule has 2 heterocycles. The van der Waals surface area contributed by atoms with Crippen molar-refractivity contribution in [2.75, 3.05) is 0 Å². The first-order valence-electron chi connectivity index (χ1n) is 5.93. The Balaban J connectivity index is 2.15. The number of carboxylic acid groups (broad SMARTS) is 1. The van der Waals surface area contributed by atoms with Crippen LogP contribution in [-0.2, 0) is 4.79 Å². The van der Waals surface area contributed by atoms with E-state index in [1.165, 1.54) is 0 Å². The number of nitrogens with one attached hydrogen (secondary N) is 1. The average molecular weight is 261 g/mol. The lowest BCUT2D eigenvalue weighted by Gasteiger charge is -2.09. The van der Waals surface area contributed by atoms with Crippen molar-refractivity contribution in [2.45, 2.75) is 26.3 Å². The van der Waals surface area contributed by atoms with Crippen LogP contribution in [0.2, 0.25) is 0 Å². The van der Waals surface area contributed by atoms with Crippen molar-refractivity contribution < 1.29 is 14.7 Å². The van der Waals surface area contributed by atoms with Gasteiger partial charge in [-0.1, -0.05) is 0 Å². The zero-order valence-electron chi connectivity index (χ0n) is 10.8. The van der Waals surface area contributed by atoms with Gasteiger partial charge in [0.25, 0.3) is 5.91 Å². The highest BCUT2D eigenvalue weighted by Crippen LogP contribution is 2.08. The van der Waals surface area contributed by atoms with Crippen molar-refractivity contribution in [2.24, 2.45) is 0 Å². The van der Waals surface area contributed by atoms with Crippen LogP contribution in [0.1, 0.15) is 29.4 Å². The van der Waals surface area contributed by atoms with E-state index in [9.17, 15) is 9.59 Å². The number of carbonyl (C=O) groups excluding carboxylic acids is 1. The Bertz CT molecular complexity index is 633. The van der Waals surface area contributed by atoms with Gasteiger partial charge in [-0.25, -0.2) is 4.98 Å². The number of hydrogen-bond acceptors (Lipinski definition) is 3. The van der Waals surface area contributed by atoms with E-state index >= 15 is 0 Å². The van der Waals surface area contributed by atoms with Crippen LogP contribution >= 0.6 is 0 Å². The van der Waals surface area contributed by atoms with Gasteiger partial charge in [-0.3, -0.25) is 9.59 Å². The minimum Gasteiger partial charge on any atom is -0.481 e. The number of hydrogen-bond donors (Lipinski definition) is 2. The van der Waals surface area contributed by atoms with Gasteiger partial charge in [0.2, 0.25) is 0 Å². The summed E-state index contributed by atoms with van der Waals surface area (Å²) in [4.78, 5) is 26.7. The summed E-state index contributed by atoms with van der Waals surface area (Å²) in [5, 5.41) is 11.2. The maximum absolute atomic E-state index is 11.9. The topological polar surface area (TPSA) is 83.7 Å². The molecule has 6 heteroatoms. The van der Waals surface area contributed by atoms with Gasteiger partial charge in [-0.2, -0.15) is 0 Å². The highest BCUT2D eigenvalue weighted by molar-refractivity contribution is 5.93. The van der Waals surface area contributed by atoms with E-state index in [-0.39, 0.29) is 18.0 Å². The zero-order valence-corrected chi connectivity index (χ0v) is 10.8. The number of rotatable bonds is 4. The molecule has 1 atom stereocenters. The lowest BCUT2D eigenvalue weighted by Crippen LogP contribution is -2.34. The Morgan fingerprint density at radius 1 is 1.53 bits per heavy atom. The number of fused-ring (bicyclic) bond motifs is 1. The van der Waals surface area contributed by atoms with E-state index in [0.717, 1.165) is 5.56 Å². The SMILES string of the molecule is Cc1ccn2cc(C(=O)NC(C)CC(=O)O)nc2c1. The molecule has 2 aromatic heterocycles. The third-order valence-electron chi connectivity index (χ3n) is 2.71. The molecule has 0 aromatic carbocycles. The van der Waals surface area contributed by atoms with E-state index in [2.05, 4.69) is 10.3 Å². The van der Waals surface area contributed by atoms with Crippen LogP contribution in [0.3, 0.4) is 0 Å². The van der Waals surface area contributed by atoms with Crippen molar-refractivity contribution in [3.63, 3.8) is 0 Å². The van der Waals surface area contributed by atoms with Crippen LogP contribution in [0, 0.1) is 6.92 Å². The molecule has 1 unspecified atom stereocenters. The molecule has 0 fully saturated rings. The van der Waals surface area contributed by atoms with Crippen molar-refractivity contribution in [3.05, 3.63) is 35.8 Å². The summed E-state index contributed by atoms with van der Waals surface area (Å²) in [6.07, 6.45) is 3.34. The quantitative estimate of drug-likeness (QED) is 0.867. The fourth-order valence-corrected chi connectivity index (χ4v) is 1.80. The monoisotopic (exact) mass is 261 g/mol. The number of amides is 1. The Morgan fingerprint density at radius 3 is 2.95 bits per heavy atom. The first kappa shape index (κ1) is 13.1. The Morgan fingerprint density at radius 2 is 2.26 bits per heavy atom. The molecular weight excluding hydrogens is 246 g/mol. The summed E-state index contributed by atoms with van der Waals surface area (Å²) in [6.45, 7) is 3.59. The second-order valence-electron chi connectivity index (χ2n) is 4.57. The lowest BCUT2D eigenvalue weighted by molar-refractivity contribution is -0.137. The van der Waals surface area contributed by atoms with Crippen molar-refractivity contribution >= 4 is 17.5 Å². The number of aryl methyl sites for hydroxylation is 1. The molecule has 0 saturated carbocycles. The van der Waals surface area contributed by atoms with E-state index in [0.29, 0.717) is 5.65 Å². The predicted molar refractivity (Wildman–Crippen MR) is 69.1 cm³/mol. The Kier molecular flexibility index (Phi) is 3.50. The third kappa shape index (κ3) is 3.09. The molecule has 0 saturated heterocycles. The molecule has 2 N–H and O–H groups in total. The molecule has 0 aliphatic rings. The van der Waals surface area contributed by atoms with Gasteiger partial charge in [0.1, 0.15) is 11.3 Å². The number of carboxylic acids is 1. The summed E-state index contributed by atoms with van der Waals surface area (Å²) in [7, 11) is 0. The predicted octanol–water partition coefficient (Wildman–Crippen LogP) is 1.24.